The number of aliphatic imine (C=N–C) groups is 1. The summed E-state index contributed by atoms with van der Waals surface area (Å²) in [6.45, 7) is 2.78. The maximum atomic E-state index is 11.5. The predicted octanol–water partition coefficient (Wildman–Crippen LogP) is 2.00. The van der Waals surface area contributed by atoms with Crippen LogP contribution in [0.2, 0.25) is 0 Å². The Labute approximate surface area is 63.1 Å². The molecule has 0 aromatic carbocycles. The van der Waals surface area contributed by atoms with Crippen LogP contribution in [-0.4, -0.2) is 25.2 Å². The first kappa shape index (κ1) is 10.4. The van der Waals surface area contributed by atoms with Crippen molar-refractivity contribution in [2.24, 2.45) is 4.99 Å². The van der Waals surface area contributed by atoms with E-state index < -0.39 is 12.5 Å². The summed E-state index contributed by atoms with van der Waals surface area (Å²) in [7, 11) is 1.42. The van der Waals surface area contributed by atoms with Gasteiger partial charge in [-0.15, -0.1) is 13.2 Å². The van der Waals surface area contributed by atoms with Gasteiger partial charge in [-0.3, -0.25) is 9.73 Å². The second-order valence-electron chi connectivity index (χ2n) is 2.07. The molecule has 0 aliphatic heterocycles. The third-order valence-corrected chi connectivity index (χ3v) is 1.25. The van der Waals surface area contributed by atoms with Crippen molar-refractivity contribution < 1.29 is 17.9 Å². The summed E-state index contributed by atoms with van der Waals surface area (Å²) in [5.41, 5.74) is 0.322. The molecule has 1 unspecified atom stereocenters. The van der Waals surface area contributed by atoms with Gasteiger partial charge in [0.05, 0.1) is 0 Å². The number of halogens is 3. The second kappa shape index (κ2) is 3.71. The minimum absolute atomic E-state index is 0.322. The highest BCUT2D eigenvalue weighted by Crippen LogP contribution is 2.18. The average Bonchev–Trinajstić information content (AvgIpc) is 1.82. The van der Waals surface area contributed by atoms with Gasteiger partial charge in [-0.05, 0) is 13.8 Å². The first-order valence-corrected chi connectivity index (χ1v) is 3.04. The third-order valence-electron chi connectivity index (χ3n) is 1.25. The summed E-state index contributed by atoms with van der Waals surface area (Å²) < 4.78 is 38.2. The minimum atomic E-state index is -4.58. The molecule has 11 heavy (non-hydrogen) atoms. The minimum Gasteiger partial charge on any atom is -0.295 e. The van der Waals surface area contributed by atoms with Crippen molar-refractivity contribution in [3.05, 3.63) is 0 Å². The van der Waals surface area contributed by atoms with E-state index in [0.29, 0.717) is 5.71 Å². The van der Waals surface area contributed by atoms with Crippen molar-refractivity contribution in [1.82, 2.24) is 0 Å². The molecule has 0 heterocycles. The van der Waals surface area contributed by atoms with E-state index in [1.807, 2.05) is 0 Å². The molecule has 0 aliphatic rings. The molecule has 0 bridgehead atoms. The Morgan fingerprint density at radius 3 is 2.18 bits per heavy atom. The summed E-state index contributed by atoms with van der Waals surface area (Å²) in [6.07, 6.45) is -5.58. The van der Waals surface area contributed by atoms with Crippen molar-refractivity contribution in [3.63, 3.8) is 0 Å². The average molecular weight is 169 g/mol. The SMILES string of the molecule is C/N=C(/C)C(C)OC(F)(F)F. The molecule has 2 nitrogen and oxygen atoms in total. The number of ether oxygens (including phenoxy) is 1. The summed E-state index contributed by atoms with van der Waals surface area (Å²) in [4.78, 5) is 3.56. The Hall–Kier alpha value is -0.580. The van der Waals surface area contributed by atoms with Crippen LogP contribution in [0.3, 0.4) is 0 Å². The van der Waals surface area contributed by atoms with Crippen LogP contribution in [-0.2, 0) is 4.74 Å². The molecular weight excluding hydrogens is 159 g/mol. The van der Waals surface area contributed by atoms with Crippen LogP contribution in [0.4, 0.5) is 13.2 Å². The van der Waals surface area contributed by atoms with E-state index in [1.54, 1.807) is 0 Å². The second-order valence-corrected chi connectivity index (χ2v) is 2.07. The molecule has 0 saturated carbocycles. The largest absolute Gasteiger partial charge is 0.523 e. The lowest BCUT2D eigenvalue weighted by Crippen LogP contribution is -2.26. The summed E-state index contributed by atoms with van der Waals surface area (Å²) in [5.74, 6) is 0. The van der Waals surface area contributed by atoms with Crippen molar-refractivity contribution >= 4 is 5.71 Å². The van der Waals surface area contributed by atoms with Crippen molar-refractivity contribution in [2.75, 3.05) is 7.05 Å². The molecule has 5 heteroatoms. The lowest BCUT2D eigenvalue weighted by molar-refractivity contribution is -0.331. The van der Waals surface area contributed by atoms with Crippen molar-refractivity contribution in [3.8, 4) is 0 Å². The first-order chi connectivity index (χ1) is 4.87. The normalized spacial score (nSPS) is 16.7. The summed E-state index contributed by atoms with van der Waals surface area (Å²) in [6, 6.07) is 0. The number of rotatable bonds is 2. The molecule has 66 valence electrons. The van der Waals surface area contributed by atoms with Crippen LogP contribution in [0.15, 0.2) is 4.99 Å². The quantitative estimate of drug-likeness (QED) is 0.579. The molecule has 0 radical (unpaired) electrons. The van der Waals surface area contributed by atoms with E-state index in [1.165, 1.54) is 20.9 Å². The molecule has 0 N–H and O–H groups in total. The predicted molar refractivity (Wildman–Crippen MR) is 35.6 cm³/mol. The highest BCUT2D eigenvalue weighted by Gasteiger charge is 2.32. The van der Waals surface area contributed by atoms with Crippen LogP contribution in [0, 0.1) is 0 Å². The zero-order valence-electron chi connectivity index (χ0n) is 6.57. The van der Waals surface area contributed by atoms with Crippen LogP contribution in [0.1, 0.15) is 13.8 Å². The zero-order valence-corrected chi connectivity index (χ0v) is 6.57. The molecule has 0 rings (SSSR count). The lowest BCUT2D eigenvalue weighted by Gasteiger charge is -2.13. The van der Waals surface area contributed by atoms with E-state index in [9.17, 15) is 13.2 Å². The van der Waals surface area contributed by atoms with Crippen LogP contribution in [0.5, 0.6) is 0 Å². The van der Waals surface area contributed by atoms with E-state index in [0.717, 1.165) is 0 Å². The zero-order chi connectivity index (χ0) is 9.07. The van der Waals surface area contributed by atoms with E-state index >= 15 is 0 Å². The fourth-order valence-electron chi connectivity index (χ4n) is 0.468. The van der Waals surface area contributed by atoms with Gasteiger partial charge in [-0.2, -0.15) is 0 Å². The molecule has 0 saturated heterocycles. The summed E-state index contributed by atoms with van der Waals surface area (Å²) >= 11 is 0. The molecule has 0 aromatic heterocycles. The Morgan fingerprint density at radius 1 is 1.45 bits per heavy atom. The van der Waals surface area contributed by atoms with Gasteiger partial charge in [0, 0.05) is 12.8 Å². The highest BCUT2D eigenvalue weighted by molar-refractivity contribution is 5.85. The van der Waals surface area contributed by atoms with Crippen molar-refractivity contribution in [1.29, 1.82) is 0 Å². The number of alkyl halides is 3. The van der Waals surface area contributed by atoms with Gasteiger partial charge >= 0.3 is 6.36 Å². The summed E-state index contributed by atoms with van der Waals surface area (Å²) in [5, 5.41) is 0. The van der Waals surface area contributed by atoms with Gasteiger partial charge in [0.25, 0.3) is 0 Å². The molecule has 0 amide bonds. The standard InChI is InChI=1S/C6H10F3NO/c1-4(10-3)5(2)11-6(7,8)9/h5H,1-3H3/b10-4-. The Morgan fingerprint density at radius 2 is 1.91 bits per heavy atom. The maximum absolute atomic E-state index is 11.5. The maximum Gasteiger partial charge on any atom is 0.523 e. The van der Waals surface area contributed by atoms with E-state index in [4.69, 9.17) is 0 Å². The topological polar surface area (TPSA) is 21.6 Å². The van der Waals surface area contributed by atoms with E-state index in [2.05, 4.69) is 9.73 Å². The van der Waals surface area contributed by atoms with Gasteiger partial charge in [0.2, 0.25) is 0 Å². The number of hydrogen-bond acceptors (Lipinski definition) is 2. The number of nitrogens with zero attached hydrogens (tertiary/aromatic N) is 1. The molecule has 0 spiro atoms. The smallest absolute Gasteiger partial charge is 0.295 e. The molecular formula is C6H10F3NO. The van der Waals surface area contributed by atoms with Crippen LogP contribution < -0.4 is 0 Å². The van der Waals surface area contributed by atoms with Gasteiger partial charge in [0.15, 0.2) is 0 Å². The van der Waals surface area contributed by atoms with Gasteiger partial charge in [0.1, 0.15) is 6.10 Å². The van der Waals surface area contributed by atoms with Gasteiger partial charge < -0.3 is 0 Å². The molecule has 1 atom stereocenters. The van der Waals surface area contributed by atoms with Crippen LogP contribution in [0.25, 0.3) is 0 Å². The fraction of sp³-hybridized carbons (Fsp3) is 0.833. The van der Waals surface area contributed by atoms with Gasteiger partial charge in [-0.25, -0.2) is 0 Å². The third kappa shape index (κ3) is 4.78. The molecule has 0 aromatic rings. The Kier molecular flexibility index (Phi) is 3.51. The van der Waals surface area contributed by atoms with Crippen molar-refractivity contribution in [2.45, 2.75) is 26.3 Å². The monoisotopic (exact) mass is 169 g/mol. The Bertz CT molecular complexity index is 152. The lowest BCUT2D eigenvalue weighted by atomic mass is 10.3. The molecule has 0 fully saturated rings. The fourth-order valence-corrected chi connectivity index (χ4v) is 0.468. The Balaban J connectivity index is 3.98. The van der Waals surface area contributed by atoms with E-state index in [-0.39, 0.29) is 0 Å². The highest BCUT2D eigenvalue weighted by atomic mass is 19.4. The molecule has 0 aliphatic carbocycles. The number of hydrogen-bond donors (Lipinski definition) is 0. The van der Waals surface area contributed by atoms with Gasteiger partial charge in [-0.1, -0.05) is 0 Å². The first-order valence-electron chi connectivity index (χ1n) is 3.04. The van der Waals surface area contributed by atoms with Crippen LogP contribution >= 0.6 is 0 Å².